The van der Waals surface area contributed by atoms with E-state index in [1.54, 1.807) is 6.92 Å². The molecule has 6 heteroatoms. The van der Waals surface area contributed by atoms with Gasteiger partial charge in [-0.1, -0.05) is 46.8 Å². The Balaban J connectivity index is 1.42. The maximum absolute atomic E-state index is 12.7. The van der Waals surface area contributed by atoms with E-state index >= 15 is 0 Å². The number of methoxy groups -OCH3 is 1. The molecule has 5 rings (SSSR count). The topological polar surface area (TPSA) is 78.9 Å². The lowest BCUT2D eigenvalue weighted by Crippen LogP contribution is -2.67. The van der Waals surface area contributed by atoms with E-state index in [9.17, 15) is 14.4 Å². The predicted octanol–water partition coefficient (Wildman–Crippen LogP) is 8.07. The van der Waals surface area contributed by atoms with E-state index in [0.717, 1.165) is 32.1 Å². The fourth-order valence-electron chi connectivity index (χ4n) is 12.5. The second-order valence-corrected chi connectivity index (χ2v) is 16.7. The Hall–Kier alpha value is -1.85. The van der Waals surface area contributed by atoms with Gasteiger partial charge in [0.05, 0.1) is 26.6 Å². The van der Waals surface area contributed by atoms with Gasteiger partial charge in [-0.05, 0) is 117 Å². The molecule has 5 aliphatic carbocycles. The molecule has 0 spiro atoms. The van der Waals surface area contributed by atoms with Crippen molar-refractivity contribution < 1.29 is 28.6 Å². The average molecular weight is 599 g/mol. The third kappa shape index (κ3) is 5.00. The molecule has 0 heterocycles. The molecular weight excluding hydrogens is 540 g/mol. The molecule has 0 aromatic carbocycles. The molecule has 0 saturated heterocycles. The van der Waals surface area contributed by atoms with Crippen LogP contribution in [0.5, 0.6) is 0 Å². The van der Waals surface area contributed by atoms with Gasteiger partial charge in [-0.15, -0.1) is 0 Å². The Morgan fingerprint density at radius 3 is 2.12 bits per heavy atom. The van der Waals surface area contributed by atoms with E-state index in [2.05, 4.69) is 48.1 Å². The van der Waals surface area contributed by atoms with Crippen molar-refractivity contribution in [1.82, 2.24) is 0 Å². The summed E-state index contributed by atoms with van der Waals surface area (Å²) in [5, 5.41) is 0. The average Bonchev–Trinajstić information content (AvgIpc) is 3.32. The number of rotatable bonds is 7. The number of hydrogen-bond donors (Lipinski definition) is 0. The molecule has 0 aromatic rings. The number of allylic oxidation sites excluding steroid dienone is 1. The minimum atomic E-state index is -0.374. The van der Waals surface area contributed by atoms with Gasteiger partial charge in [0.15, 0.2) is 0 Å². The van der Waals surface area contributed by atoms with Gasteiger partial charge in [0.1, 0.15) is 6.10 Å². The van der Waals surface area contributed by atoms with Crippen molar-refractivity contribution in [3.05, 3.63) is 12.2 Å². The molecular formula is C37H58O6. The highest BCUT2D eigenvalue weighted by molar-refractivity contribution is 5.77. The van der Waals surface area contributed by atoms with Crippen molar-refractivity contribution in [3.8, 4) is 0 Å². The molecule has 0 aromatic heterocycles. The summed E-state index contributed by atoms with van der Waals surface area (Å²) in [5.41, 5.74) is 1.91. The Morgan fingerprint density at radius 2 is 1.47 bits per heavy atom. The van der Waals surface area contributed by atoms with Crippen molar-refractivity contribution in [1.29, 1.82) is 0 Å². The van der Waals surface area contributed by atoms with Crippen LogP contribution in [0.4, 0.5) is 0 Å². The first-order chi connectivity index (χ1) is 20.1. The van der Waals surface area contributed by atoms with Gasteiger partial charge < -0.3 is 14.2 Å². The molecule has 5 fully saturated rings. The minimum absolute atomic E-state index is 0.000188. The van der Waals surface area contributed by atoms with E-state index in [4.69, 9.17) is 14.2 Å². The molecule has 0 N–H and O–H groups in total. The molecule has 0 aliphatic heterocycles. The van der Waals surface area contributed by atoms with Crippen LogP contribution in [0.3, 0.4) is 0 Å². The van der Waals surface area contributed by atoms with Crippen LogP contribution in [-0.2, 0) is 28.6 Å². The van der Waals surface area contributed by atoms with E-state index in [1.165, 1.54) is 44.8 Å². The predicted molar refractivity (Wildman–Crippen MR) is 167 cm³/mol. The van der Waals surface area contributed by atoms with Crippen LogP contribution in [0, 0.1) is 56.7 Å². The van der Waals surface area contributed by atoms with E-state index in [-0.39, 0.29) is 63.9 Å². The zero-order valence-electron chi connectivity index (χ0n) is 28.3. The molecule has 43 heavy (non-hydrogen) atoms. The van der Waals surface area contributed by atoms with Gasteiger partial charge in [0.2, 0.25) is 0 Å². The van der Waals surface area contributed by atoms with Crippen LogP contribution < -0.4 is 0 Å². The van der Waals surface area contributed by atoms with Crippen LogP contribution in [-0.4, -0.2) is 37.7 Å². The summed E-state index contributed by atoms with van der Waals surface area (Å²) in [4.78, 5) is 36.3. The molecule has 0 unspecified atom stereocenters. The number of esters is 3. The van der Waals surface area contributed by atoms with Gasteiger partial charge in [-0.2, -0.15) is 0 Å². The normalized spacial score (nSPS) is 44.6. The fourth-order valence-corrected chi connectivity index (χ4v) is 12.5. The number of ether oxygens (including phenoxy) is 3. The van der Waals surface area contributed by atoms with Crippen LogP contribution in [0.15, 0.2) is 12.2 Å². The third-order valence-electron chi connectivity index (χ3n) is 14.8. The SMILES string of the molecule is C=C(C)[C@@H]1CC[C@]2(COC(=O)CCC(=O)OC)CC[C@]3(C)[C@H](CC[C@@H]4[C@@]5(C)CC[C@H](OC(C)=O)C(C)(C)[C@@H]5CC[C@]43C)[C@H]12. The van der Waals surface area contributed by atoms with Crippen LogP contribution in [0.2, 0.25) is 0 Å². The molecule has 0 amide bonds. The maximum Gasteiger partial charge on any atom is 0.306 e. The summed E-state index contributed by atoms with van der Waals surface area (Å²) in [6, 6.07) is 0. The highest BCUT2D eigenvalue weighted by Crippen LogP contribution is 2.77. The van der Waals surface area contributed by atoms with Gasteiger partial charge >= 0.3 is 17.9 Å². The van der Waals surface area contributed by atoms with Gasteiger partial charge in [-0.25, -0.2) is 0 Å². The third-order valence-corrected chi connectivity index (χ3v) is 14.8. The second-order valence-electron chi connectivity index (χ2n) is 16.7. The van der Waals surface area contributed by atoms with E-state index < -0.39 is 0 Å². The second kappa shape index (κ2) is 11.2. The molecule has 10 atom stereocenters. The van der Waals surface area contributed by atoms with Gasteiger partial charge in [0.25, 0.3) is 0 Å². The fraction of sp³-hybridized carbons (Fsp3) is 0.865. The Labute approximate surface area is 260 Å². The molecule has 6 nitrogen and oxygen atoms in total. The Bertz CT molecular complexity index is 1140. The first-order valence-electron chi connectivity index (χ1n) is 17.1. The molecule has 5 aliphatic rings. The number of carbonyl (C=O) groups excluding carboxylic acids is 3. The number of carbonyl (C=O) groups is 3. The van der Waals surface area contributed by atoms with Crippen LogP contribution in [0.1, 0.15) is 126 Å². The summed E-state index contributed by atoms with van der Waals surface area (Å²) in [6.07, 6.45) is 11.6. The highest BCUT2D eigenvalue weighted by Gasteiger charge is 2.71. The van der Waals surface area contributed by atoms with E-state index in [1.807, 2.05) is 0 Å². The zero-order valence-corrected chi connectivity index (χ0v) is 28.3. The molecule has 0 bridgehead atoms. The largest absolute Gasteiger partial charge is 0.469 e. The lowest BCUT2D eigenvalue weighted by Gasteiger charge is -2.73. The van der Waals surface area contributed by atoms with Crippen molar-refractivity contribution in [2.45, 2.75) is 132 Å². The highest BCUT2D eigenvalue weighted by atomic mass is 16.5. The molecule has 0 radical (unpaired) electrons. The first kappa shape index (κ1) is 32.5. The van der Waals surface area contributed by atoms with Gasteiger partial charge in [0, 0.05) is 17.8 Å². The summed E-state index contributed by atoms with van der Waals surface area (Å²) < 4.78 is 16.6. The number of hydrogen-bond acceptors (Lipinski definition) is 6. The van der Waals surface area contributed by atoms with Crippen molar-refractivity contribution in [2.24, 2.45) is 56.7 Å². The van der Waals surface area contributed by atoms with Crippen molar-refractivity contribution >= 4 is 17.9 Å². The summed E-state index contributed by atoms with van der Waals surface area (Å²) in [5.74, 6) is 1.87. The van der Waals surface area contributed by atoms with Crippen molar-refractivity contribution in [2.75, 3.05) is 13.7 Å². The van der Waals surface area contributed by atoms with Crippen LogP contribution in [0.25, 0.3) is 0 Å². The monoisotopic (exact) mass is 598 g/mol. The Kier molecular flexibility index (Phi) is 8.47. The van der Waals surface area contributed by atoms with Gasteiger partial charge in [-0.3, -0.25) is 14.4 Å². The van der Waals surface area contributed by atoms with E-state index in [0.29, 0.717) is 36.2 Å². The summed E-state index contributed by atoms with van der Waals surface area (Å²) in [7, 11) is 1.35. The summed E-state index contributed by atoms with van der Waals surface area (Å²) in [6.45, 7) is 21.3. The maximum atomic E-state index is 12.7. The molecule has 242 valence electrons. The number of fused-ring (bicyclic) bond motifs is 7. The smallest absolute Gasteiger partial charge is 0.306 e. The minimum Gasteiger partial charge on any atom is -0.469 e. The zero-order chi connectivity index (χ0) is 31.6. The quantitative estimate of drug-likeness (QED) is 0.168. The standard InChI is InChI=1S/C37H58O6/c1-23(2)25-14-19-37(22-42-31(40)13-12-30(39)41-9)21-20-35(7)26(32(25)37)10-11-28-34(6)17-16-29(43-24(3)38)33(4,5)27(34)15-18-36(28,35)8/h25-29,32H,1,10-22H2,2-9H3/t25-,26+,27-,28+,29-,32-,34-,35+,36+,37+/m0/s1. The van der Waals surface area contributed by atoms with Crippen LogP contribution >= 0.6 is 0 Å². The van der Waals surface area contributed by atoms with Crippen molar-refractivity contribution in [3.63, 3.8) is 0 Å². The Morgan fingerprint density at radius 1 is 0.767 bits per heavy atom. The molecule has 5 saturated carbocycles. The summed E-state index contributed by atoms with van der Waals surface area (Å²) >= 11 is 0. The lowest BCUT2D eigenvalue weighted by atomic mass is 9.32. The lowest BCUT2D eigenvalue weighted by molar-refractivity contribution is -0.252. The first-order valence-corrected chi connectivity index (χ1v) is 17.1.